The lowest BCUT2D eigenvalue weighted by atomic mass is 9.79. The van der Waals surface area contributed by atoms with E-state index in [1.54, 1.807) is 0 Å². The Morgan fingerprint density at radius 1 is 1.24 bits per heavy atom. The van der Waals surface area contributed by atoms with E-state index in [2.05, 4.69) is 25.9 Å². The monoisotopic (exact) mass is 537 g/mol. The van der Waals surface area contributed by atoms with Gasteiger partial charge in [0.25, 0.3) is 5.91 Å². The summed E-state index contributed by atoms with van der Waals surface area (Å²) in [6.07, 6.45) is 1.40. The summed E-state index contributed by atoms with van der Waals surface area (Å²) in [5, 5.41) is 8.09. The summed E-state index contributed by atoms with van der Waals surface area (Å²) in [5.41, 5.74) is -1.33. The third-order valence-electron chi connectivity index (χ3n) is 7.65. The number of hydrogen-bond donors (Lipinski definition) is 3. The SMILES string of the molecule is CNC(=O)c1cc(OC)c(Nc2ncc(C(F)(F)F)c(CC[C@H]3CC34CCCCC4NC(C)=O)n2)cc1F. The van der Waals surface area contributed by atoms with Crippen LogP contribution in [0, 0.1) is 17.2 Å². The molecule has 0 bridgehead atoms. The van der Waals surface area contributed by atoms with Crippen molar-refractivity contribution >= 4 is 23.5 Å². The van der Waals surface area contributed by atoms with Gasteiger partial charge >= 0.3 is 6.18 Å². The number of aryl methyl sites for hydroxylation is 1. The zero-order valence-corrected chi connectivity index (χ0v) is 21.5. The molecule has 1 heterocycles. The van der Waals surface area contributed by atoms with Crippen molar-refractivity contribution in [3.8, 4) is 5.75 Å². The van der Waals surface area contributed by atoms with E-state index in [1.165, 1.54) is 27.1 Å². The lowest BCUT2D eigenvalue weighted by Gasteiger charge is -2.33. The van der Waals surface area contributed by atoms with Crippen molar-refractivity contribution in [2.24, 2.45) is 11.3 Å². The molecule has 0 radical (unpaired) electrons. The Labute approximate surface area is 218 Å². The quantitative estimate of drug-likeness (QED) is 0.420. The van der Waals surface area contributed by atoms with Crippen LogP contribution in [0.2, 0.25) is 0 Å². The van der Waals surface area contributed by atoms with Gasteiger partial charge in [0.15, 0.2) is 0 Å². The summed E-state index contributed by atoms with van der Waals surface area (Å²) in [6.45, 7) is 1.48. The first-order chi connectivity index (χ1) is 18.0. The molecule has 3 N–H and O–H groups in total. The summed E-state index contributed by atoms with van der Waals surface area (Å²) in [7, 11) is 2.67. The van der Waals surface area contributed by atoms with E-state index in [9.17, 15) is 27.2 Å². The van der Waals surface area contributed by atoms with Gasteiger partial charge in [0.1, 0.15) is 11.6 Å². The van der Waals surface area contributed by atoms with Crippen molar-refractivity contribution in [2.45, 2.75) is 64.1 Å². The van der Waals surface area contributed by atoms with Gasteiger partial charge in [-0.3, -0.25) is 9.59 Å². The molecule has 2 amide bonds. The summed E-state index contributed by atoms with van der Waals surface area (Å²) in [6, 6.07) is 2.23. The zero-order chi connectivity index (χ0) is 27.7. The number of nitrogens with one attached hydrogen (secondary N) is 3. The molecule has 2 unspecified atom stereocenters. The summed E-state index contributed by atoms with van der Waals surface area (Å²) >= 11 is 0. The summed E-state index contributed by atoms with van der Waals surface area (Å²) < 4.78 is 61.1. The highest BCUT2D eigenvalue weighted by molar-refractivity contribution is 5.95. The normalized spacial score (nSPS) is 22.6. The van der Waals surface area contributed by atoms with Crippen LogP contribution < -0.4 is 20.7 Å². The summed E-state index contributed by atoms with van der Waals surface area (Å²) in [5.74, 6) is -1.47. The fraction of sp³-hybridized carbons (Fsp3) is 0.538. The first-order valence-electron chi connectivity index (χ1n) is 12.6. The number of rotatable bonds is 8. The molecule has 206 valence electrons. The molecule has 1 aromatic carbocycles. The number of carbonyl (C=O) groups is 2. The molecule has 2 fully saturated rings. The molecule has 38 heavy (non-hydrogen) atoms. The van der Waals surface area contributed by atoms with Gasteiger partial charge in [-0.15, -0.1) is 0 Å². The second-order valence-electron chi connectivity index (χ2n) is 9.96. The first kappa shape index (κ1) is 27.6. The van der Waals surface area contributed by atoms with Crippen molar-refractivity contribution < 1.29 is 31.9 Å². The minimum atomic E-state index is -4.64. The fourth-order valence-electron chi connectivity index (χ4n) is 5.71. The van der Waals surface area contributed by atoms with Crippen LogP contribution in [0.4, 0.5) is 29.2 Å². The third kappa shape index (κ3) is 5.68. The number of ether oxygens (including phenoxy) is 1. The Morgan fingerprint density at radius 2 is 2.00 bits per heavy atom. The number of nitrogens with zero attached hydrogens (tertiary/aromatic N) is 2. The molecular formula is C26H31F4N5O3. The van der Waals surface area contributed by atoms with E-state index in [0.717, 1.165) is 44.4 Å². The van der Waals surface area contributed by atoms with Gasteiger partial charge in [0.05, 0.1) is 29.6 Å². The van der Waals surface area contributed by atoms with E-state index in [4.69, 9.17) is 4.74 Å². The van der Waals surface area contributed by atoms with Crippen molar-refractivity contribution in [3.63, 3.8) is 0 Å². The maximum absolute atomic E-state index is 14.5. The van der Waals surface area contributed by atoms with E-state index in [1.807, 2.05) is 0 Å². The number of benzene rings is 1. The highest BCUT2D eigenvalue weighted by Gasteiger charge is 2.58. The van der Waals surface area contributed by atoms with Crippen LogP contribution >= 0.6 is 0 Å². The lowest BCUT2D eigenvalue weighted by molar-refractivity contribution is -0.138. The van der Waals surface area contributed by atoms with Gasteiger partial charge in [0.2, 0.25) is 11.9 Å². The van der Waals surface area contributed by atoms with Crippen LogP contribution in [0.5, 0.6) is 5.75 Å². The van der Waals surface area contributed by atoms with Crippen molar-refractivity contribution in [2.75, 3.05) is 19.5 Å². The van der Waals surface area contributed by atoms with E-state index < -0.39 is 23.5 Å². The van der Waals surface area contributed by atoms with Crippen LogP contribution in [0.1, 0.15) is 67.1 Å². The van der Waals surface area contributed by atoms with E-state index >= 15 is 0 Å². The smallest absolute Gasteiger partial charge is 0.419 e. The third-order valence-corrected chi connectivity index (χ3v) is 7.65. The predicted octanol–water partition coefficient (Wildman–Crippen LogP) is 4.76. The van der Waals surface area contributed by atoms with Crippen molar-refractivity contribution in [1.82, 2.24) is 20.6 Å². The van der Waals surface area contributed by atoms with Gasteiger partial charge < -0.3 is 20.7 Å². The van der Waals surface area contributed by atoms with Crippen LogP contribution in [-0.2, 0) is 17.4 Å². The van der Waals surface area contributed by atoms with Gasteiger partial charge in [0, 0.05) is 32.3 Å². The second kappa shape index (κ2) is 10.7. The Hall–Kier alpha value is -3.44. The number of hydrogen-bond acceptors (Lipinski definition) is 6. The lowest BCUT2D eigenvalue weighted by Crippen LogP contribution is -2.43. The molecule has 1 aromatic heterocycles. The standard InChI is InChI=1S/C26H31F4N5O3/c1-14(36)33-22-6-4-5-9-25(22)12-15(25)7-8-19-17(26(28,29)30)13-32-24(34-19)35-20-11-18(27)16(23(37)31-2)10-21(20)38-3/h10-11,13,15,22H,4-9,12H2,1-3H3,(H,31,37)(H,33,36)(H,32,34,35)/t15-,22?,25?/m0/s1. The van der Waals surface area contributed by atoms with Crippen LogP contribution in [-0.4, -0.2) is 42.0 Å². The molecule has 2 aromatic rings. The van der Waals surface area contributed by atoms with Gasteiger partial charge in [-0.1, -0.05) is 12.8 Å². The van der Waals surface area contributed by atoms with Crippen molar-refractivity contribution in [1.29, 1.82) is 0 Å². The van der Waals surface area contributed by atoms with Crippen LogP contribution in [0.25, 0.3) is 0 Å². The topological polar surface area (TPSA) is 105 Å². The first-order valence-corrected chi connectivity index (χ1v) is 12.6. The number of carbonyl (C=O) groups excluding carboxylic acids is 2. The highest BCUT2D eigenvalue weighted by atomic mass is 19.4. The largest absolute Gasteiger partial charge is 0.495 e. The van der Waals surface area contributed by atoms with Gasteiger partial charge in [-0.25, -0.2) is 14.4 Å². The molecule has 4 rings (SSSR count). The Bertz CT molecular complexity index is 1220. The Balaban J connectivity index is 1.55. The Morgan fingerprint density at radius 3 is 2.66 bits per heavy atom. The maximum atomic E-state index is 14.5. The number of alkyl halides is 3. The fourth-order valence-corrected chi connectivity index (χ4v) is 5.71. The molecule has 3 atom stereocenters. The number of methoxy groups -OCH3 is 1. The average molecular weight is 538 g/mol. The molecule has 2 aliphatic carbocycles. The number of anilines is 2. The minimum Gasteiger partial charge on any atom is -0.495 e. The van der Waals surface area contributed by atoms with Gasteiger partial charge in [-0.2, -0.15) is 13.2 Å². The Kier molecular flexibility index (Phi) is 7.80. The highest BCUT2D eigenvalue weighted by Crippen LogP contribution is 2.63. The number of halogens is 4. The number of aromatic nitrogens is 2. The molecular weight excluding hydrogens is 506 g/mol. The molecule has 0 aliphatic heterocycles. The molecule has 0 saturated heterocycles. The molecule has 8 nitrogen and oxygen atoms in total. The van der Waals surface area contributed by atoms with Crippen LogP contribution in [0.3, 0.4) is 0 Å². The second-order valence-corrected chi connectivity index (χ2v) is 9.96. The zero-order valence-electron chi connectivity index (χ0n) is 21.5. The van der Waals surface area contributed by atoms with Crippen molar-refractivity contribution in [3.05, 3.63) is 41.0 Å². The van der Waals surface area contributed by atoms with Crippen LogP contribution in [0.15, 0.2) is 18.3 Å². The molecule has 2 saturated carbocycles. The van der Waals surface area contributed by atoms with E-state index in [-0.39, 0.29) is 58.3 Å². The maximum Gasteiger partial charge on any atom is 0.419 e. The molecule has 1 spiro atoms. The average Bonchev–Trinajstić information content (AvgIpc) is 3.56. The van der Waals surface area contributed by atoms with E-state index in [0.29, 0.717) is 6.42 Å². The van der Waals surface area contributed by atoms with Gasteiger partial charge in [-0.05, 0) is 49.5 Å². The molecule has 12 heteroatoms. The summed E-state index contributed by atoms with van der Waals surface area (Å²) in [4.78, 5) is 31.5. The predicted molar refractivity (Wildman–Crippen MR) is 132 cm³/mol. The minimum absolute atomic E-state index is 0.0450. The molecule has 2 aliphatic rings. The number of amides is 2.